The minimum Gasteiger partial charge on any atom is -0.334 e. The lowest BCUT2D eigenvalue weighted by Gasteiger charge is -2.08. The second-order valence-electron chi connectivity index (χ2n) is 5.60. The molecular weight excluding hydrogens is 366 g/mol. The number of hydrogen-bond donors (Lipinski definition) is 2. The Morgan fingerprint density at radius 2 is 1.81 bits per heavy atom. The number of nitrogens with one attached hydrogen (secondary N) is 2. The van der Waals surface area contributed by atoms with E-state index in [4.69, 9.17) is 0 Å². The van der Waals surface area contributed by atoms with Crippen LogP contribution in [0.2, 0.25) is 0 Å². The summed E-state index contributed by atoms with van der Waals surface area (Å²) in [6, 6.07) is 9.25. The van der Waals surface area contributed by atoms with Crippen molar-refractivity contribution in [2.24, 2.45) is 0 Å². The molecule has 0 saturated carbocycles. The zero-order valence-corrected chi connectivity index (χ0v) is 14.9. The Kier molecular flexibility index (Phi) is 4.30. The molecule has 4 aromatic rings. The quantitative estimate of drug-likeness (QED) is 0.391. The van der Waals surface area contributed by atoms with Gasteiger partial charge in [-0.05, 0) is 30.7 Å². The van der Waals surface area contributed by atoms with Crippen molar-refractivity contribution in [1.29, 1.82) is 0 Å². The lowest BCUT2D eigenvalue weighted by Crippen LogP contribution is -2.05. The molecule has 0 bridgehead atoms. The molecule has 0 aliphatic rings. The molecule has 4 rings (SSSR count). The van der Waals surface area contributed by atoms with E-state index in [1.54, 1.807) is 24.5 Å². The van der Waals surface area contributed by atoms with Crippen LogP contribution in [0.4, 0.5) is 28.1 Å². The molecule has 0 aliphatic heterocycles. The van der Waals surface area contributed by atoms with Crippen LogP contribution in [0.15, 0.2) is 49.1 Å². The summed E-state index contributed by atoms with van der Waals surface area (Å²) in [5.74, 6) is 0.157. The van der Waals surface area contributed by atoms with Crippen LogP contribution < -0.4 is 10.6 Å². The zero-order valence-electron chi connectivity index (χ0n) is 14.1. The standard InChI is InChI=1S/C17H13N7O2S/c1-10-3-2-4-12-13(10)22-17(27-12)23-16-14(24(25)26)15(19-9-20-16)21-11-5-7-18-8-6-11/h2-9H,1H3,(H2,18,19,20,21,22,23). The number of thiazole rings is 1. The minimum absolute atomic E-state index is 0.0725. The Balaban J connectivity index is 1.72. The number of fused-ring (bicyclic) bond motifs is 1. The Morgan fingerprint density at radius 3 is 2.52 bits per heavy atom. The van der Waals surface area contributed by atoms with Gasteiger partial charge in [-0.2, -0.15) is 0 Å². The summed E-state index contributed by atoms with van der Waals surface area (Å²) in [6.45, 7) is 1.97. The lowest BCUT2D eigenvalue weighted by atomic mass is 10.2. The molecule has 0 spiro atoms. The van der Waals surface area contributed by atoms with E-state index >= 15 is 0 Å². The SMILES string of the molecule is Cc1cccc2sc(Nc3ncnc(Nc4ccncc4)c3[N+](=O)[O-])nc12. The highest BCUT2D eigenvalue weighted by Crippen LogP contribution is 2.35. The number of hydrogen-bond acceptors (Lipinski definition) is 9. The van der Waals surface area contributed by atoms with Gasteiger partial charge in [0.2, 0.25) is 11.6 Å². The predicted molar refractivity (Wildman–Crippen MR) is 104 cm³/mol. The van der Waals surface area contributed by atoms with Crippen LogP contribution in [-0.2, 0) is 0 Å². The summed E-state index contributed by atoms with van der Waals surface area (Å²) in [5.41, 5.74) is 2.27. The van der Waals surface area contributed by atoms with Crippen LogP contribution >= 0.6 is 11.3 Å². The number of benzene rings is 1. The van der Waals surface area contributed by atoms with Gasteiger partial charge in [0.25, 0.3) is 0 Å². The molecule has 0 amide bonds. The van der Waals surface area contributed by atoms with Gasteiger partial charge in [-0.3, -0.25) is 15.1 Å². The van der Waals surface area contributed by atoms with Crippen molar-refractivity contribution < 1.29 is 4.92 Å². The maximum absolute atomic E-state index is 11.7. The Morgan fingerprint density at radius 1 is 1.07 bits per heavy atom. The third kappa shape index (κ3) is 3.37. The Labute approximate surface area is 157 Å². The summed E-state index contributed by atoms with van der Waals surface area (Å²) in [4.78, 5) is 27.6. The van der Waals surface area contributed by atoms with E-state index in [1.807, 2.05) is 25.1 Å². The van der Waals surface area contributed by atoms with Gasteiger partial charge in [-0.15, -0.1) is 0 Å². The highest BCUT2D eigenvalue weighted by atomic mass is 32.1. The van der Waals surface area contributed by atoms with E-state index in [-0.39, 0.29) is 17.3 Å². The van der Waals surface area contributed by atoms with Crippen molar-refractivity contribution >= 4 is 49.7 Å². The predicted octanol–water partition coefficient (Wildman–Crippen LogP) is 4.19. The number of aromatic nitrogens is 4. The molecule has 0 fully saturated rings. The van der Waals surface area contributed by atoms with E-state index in [1.165, 1.54) is 17.7 Å². The zero-order chi connectivity index (χ0) is 18.8. The fraction of sp³-hybridized carbons (Fsp3) is 0.0588. The van der Waals surface area contributed by atoms with Crippen LogP contribution in [0.1, 0.15) is 5.56 Å². The monoisotopic (exact) mass is 379 g/mol. The molecule has 3 aromatic heterocycles. The van der Waals surface area contributed by atoms with Gasteiger partial charge >= 0.3 is 5.69 Å². The van der Waals surface area contributed by atoms with Crippen LogP contribution in [-0.4, -0.2) is 24.9 Å². The smallest absolute Gasteiger partial charge is 0.334 e. The second-order valence-corrected chi connectivity index (χ2v) is 6.63. The van der Waals surface area contributed by atoms with Crippen molar-refractivity contribution in [2.75, 3.05) is 10.6 Å². The Hall–Kier alpha value is -3.66. The van der Waals surface area contributed by atoms with Crippen molar-refractivity contribution in [3.63, 3.8) is 0 Å². The fourth-order valence-corrected chi connectivity index (χ4v) is 3.49. The number of nitro groups is 1. The topological polar surface area (TPSA) is 119 Å². The molecule has 3 heterocycles. The van der Waals surface area contributed by atoms with Crippen LogP contribution in [0.5, 0.6) is 0 Å². The van der Waals surface area contributed by atoms with E-state index in [0.717, 1.165) is 15.8 Å². The van der Waals surface area contributed by atoms with Gasteiger partial charge in [0.1, 0.15) is 6.33 Å². The molecule has 1 aromatic carbocycles. The number of nitrogens with zero attached hydrogens (tertiary/aromatic N) is 5. The second kappa shape index (κ2) is 6.92. The van der Waals surface area contributed by atoms with Gasteiger partial charge in [0, 0.05) is 18.1 Å². The third-order valence-corrected chi connectivity index (χ3v) is 4.73. The van der Waals surface area contributed by atoms with Gasteiger partial charge < -0.3 is 10.6 Å². The molecule has 0 aliphatic carbocycles. The molecule has 134 valence electrons. The van der Waals surface area contributed by atoms with Crippen molar-refractivity contribution in [3.05, 3.63) is 64.7 Å². The average Bonchev–Trinajstić information content (AvgIpc) is 3.06. The van der Waals surface area contributed by atoms with Gasteiger partial charge in [-0.1, -0.05) is 23.5 Å². The van der Waals surface area contributed by atoms with Crippen molar-refractivity contribution in [3.8, 4) is 0 Å². The fourth-order valence-electron chi connectivity index (χ4n) is 2.55. The average molecular weight is 379 g/mol. The Bertz CT molecular complexity index is 1130. The van der Waals surface area contributed by atoms with Gasteiger partial charge in [0.15, 0.2) is 5.13 Å². The summed E-state index contributed by atoms with van der Waals surface area (Å²) in [6.07, 6.45) is 4.42. The molecule has 0 saturated heterocycles. The van der Waals surface area contributed by atoms with Gasteiger partial charge in [0.05, 0.1) is 15.1 Å². The molecule has 0 unspecified atom stereocenters. The first-order valence-corrected chi connectivity index (χ1v) is 8.73. The van der Waals surface area contributed by atoms with Crippen molar-refractivity contribution in [1.82, 2.24) is 19.9 Å². The lowest BCUT2D eigenvalue weighted by molar-refractivity contribution is -0.383. The van der Waals surface area contributed by atoms with Crippen LogP contribution in [0.3, 0.4) is 0 Å². The van der Waals surface area contributed by atoms with Crippen LogP contribution in [0, 0.1) is 17.0 Å². The molecular formula is C17H13N7O2S. The number of pyridine rings is 1. The highest BCUT2D eigenvalue weighted by molar-refractivity contribution is 7.22. The number of para-hydroxylation sites is 1. The first-order valence-electron chi connectivity index (χ1n) is 7.91. The van der Waals surface area contributed by atoms with Crippen LogP contribution in [0.25, 0.3) is 10.2 Å². The normalized spacial score (nSPS) is 10.7. The van der Waals surface area contributed by atoms with E-state index in [0.29, 0.717) is 10.8 Å². The summed E-state index contributed by atoms with van der Waals surface area (Å²) < 4.78 is 0.990. The van der Waals surface area contributed by atoms with E-state index in [2.05, 4.69) is 30.6 Å². The first kappa shape index (κ1) is 16.8. The van der Waals surface area contributed by atoms with Gasteiger partial charge in [-0.25, -0.2) is 15.0 Å². The molecule has 10 heteroatoms. The maximum Gasteiger partial charge on any atom is 0.353 e. The molecule has 0 radical (unpaired) electrons. The van der Waals surface area contributed by atoms with E-state index < -0.39 is 4.92 Å². The minimum atomic E-state index is -0.523. The van der Waals surface area contributed by atoms with E-state index in [9.17, 15) is 10.1 Å². The summed E-state index contributed by atoms with van der Waals surface area (Å²) in [5, 5.41) is 18.1. The number of anilines is 4. The molecule has 27 heavy (non-hydrogen) atoms. The maximum atomic E-state index is 11.7. The largest absolute Gasteiger partial charge is 0.353 e. The highest BCUT2D eigenvalue weighted by Gasteiger charge is 2.24. The number of rotatable bonds is 5. The molecule has 2 N–H and O–H groups in total. The molecule has 9 nitrogen and oxygen atoms in total. The third-order valence-electron chi connectivity index (χ3n) is 3.79. The summed E-state index contributed by atoms with van der Waals surface area (Å²) in [7, 11) is 0. The summed E-state index contributed by atoms with van der Waals surface area (Å²) >= 11 is 1.40. The molecule has 0 atom stereocenters. The van der Waals surface area contributed by atoms with Crippen molar-refractivity contribution in [2.45, 2.75) is 6.92 Å². The first-order chi connectivity index (χ1) is 13.1. The number of aryl methyl sites for hydroxylation is 1.